The highest BCUT2D eigenvalue weighted by Gasteiger charge is 2.22. The Hall–Kier alpha value is -1.64. The van der Waals surface area contributed by atoms with Crippen molar-refractivity contribution in [3.05, 3.63) is 24.3 Å². The van der Waals surface area contributed by atoms with Crippen molar-refractivity contribution in [2.45, 2.75) is 11.8 Å². The summed E-state index contributed by atoms with van der Waals surface area (Å²) < 4.78 is 30.7. The molecule has 0 bridgehead atoms. The Morgan fingerprint density at radius 3 is 2.48 bits per heavy atom. The van der Waals surface area contributed by atoms with E-state index >= 15 is 0 Å². The Balaban J connectivity index is 2.77. The van der Waals surface area contributed by atoms with Gasteiger partial charge in [0.1, 0.15) is 5.75 Å². The number of sulfonamides is 1. The van der Waals surface area contributed by atoms with E-state index in [0.29, 0.717) is 12.4 Å². The third kappa shape index (κ3) is 5.00. The van der Waals surface area contributed by atoms with Gasteiger partial charge in [-0.05, 0) is 31.2 Å². The standard InChI is InChI=1S/C13H20N2O5S/c1-3-20-11-4-6-12(7-5-11)21(18,19)15(2)10-13(17)14-8-9-16/h4-7,16H,3,8-10H2,1-2H3,(H,14,17). The highest BCUT2D eigenvalue weighted by atomic mass is 32.2. The minimum atomic E-state index is -3.74. The number of aliphatic hydroxyl groups excluding tert-OH is 1. The smallest absolute Gasteiger partial charge is 0.243 e. The normalized spacial score (nSPS) is 11.4. The van der Waals surface area contributed by atoms with Crippen LogP contribution in [0.2, 0.25) is 0 Å². The second-order valence-electron chi connectivity index (χ2n) is 4.24. The molecule has 0 saturated heterocycles. The van der Waals surface area contributed by atoms with E-state index in [1.807, 2.05) is 6.92 Å². The molecule has 0 aliphatic carbocycles. The zero-order valence-electron chi connectivity index (χ0n) is 12.1. The third-order valence-corrected chi connectivity index (χ3v) is 4.46. The van der Waals surface area contributed by atoms with Crippen molar-refractivity contribution >= 4 is 15.9 Å². The molecule has 2 N–H and O–H groups in total. The minimum absolute atomic E-state index is 0.0865. The molecule has 118 valence electrons. The summed E-state index contributed by atoms with van der Waals surface area (Å²) in [5.41, 5.74) is 0. The third-order valence-electron chi connectivity index (χ3n) is 2.64. The van der Waals surface area contributed by atoms with E-state index in [9.17, 15) is 13.2 Å². The number of ether oxygens (including phenoxy) is 1. The van der Waals surface area contributed by atoms with Crippen LogP contribution < -0.4 is 10.1 Å². The topological polar surface area (TPSA) is 95.9 Å². The molecule has 1 aromatic rings. The Morgan fingerprint density at radius 2 is 1.95 bits per heavy atom. The number of nitrogens with zero attached hydrogens (tertiary/aromatic N) is 1. The first-order valence-electron chi connectivity index (χ1n) is 6.48. The van der Waals surface area contributed by atoms with Gasteiger partial charge in [-0.2, -0.15) is 4.31 Å². The van der Waals surface area contributed by atoms with Crippen molar-refractivity contribution < 1.29 is 23.1 Å². The van der Waals surface area contributed by atoms with Gasteiger partial charge in [0.2, 0.25) is 15.9 Å². The van der Waals surface area contributed by atoms with Gasteiger partial charge in [-0.1, -0.05) is 0 Å². The zero-order chi connectivity index (χ0) is 15.9. The lowest BCUT2D eigenvalue weighted by Gasteiger charge is -2.17. The maximum Gasteiger partial charge on any atom is 0.243 e. The van der Waals surface area contributed by atoms with Gasteiger partial charge in [-0.25, -0.2) is 8.42 Å². The Labute approximate surface area is 124 Å². The van der Waals surface area contributed by atoms with E-state index in [0.717, 1.165) is 4.31 Å². The van der Waals surface area contributed by atoms with Crippen LogP contribution in [0.3, 0.4) is 0 Å². The van der Waals surface area contributed by atoms with Crippen molar-refractivity contribution in [1.82, 2.24) is 9.62 Å². The van der Waals surface area contributed by atoms with Crippen LogP contribution in [0.4, 0.5) is 0 Å². The van der Waals surface area contributed by atoms with E-state index < -0.39 is 15.9 Å². The molecule has 0 aromatic heterocycles. The van der Waals surface area contributed by atoms with Gasteiger partial charge in [0, 0.05) is 13.6 Å². The van der Waals surface area contributed by atoms with Crippen LogP contribution in [0.15, 0.2) is 29.2 Å². The fraction of sp³-hybridized carbons (Fsp3) is 0.462. The fourth-order valence-corrected chi connectivity index (χ4v) is 2.72. The van der Waals surface area contributed by atoms with Gasteiger partial charge in [0.25, 0.3) is 0 Å². The number of hydrogen-bond acceptors (Lipinski definition) is 5. The Morgan fingerprint density at radius 1 is 1.33 bits per heavy atom. The molecular formula is C13H20N2O5S. The molecule has 8 heteroatoms. The molecule has 1 aromatic carbocycles. The summed E-state index contributed by atoms with van der Waals surface area (Å²) in [6.45, 7) is 1.92. The summed E-state index contributed by atoms with van der Waals surface area (Å²) in [5.74, 6) is 0.112. The molecule has 0 aliphatic rings. The lowest BCUT2D eigenvalue weighted by molar-refractivity contribution is -0.121. The van der Waals surface area contributed by atoms with E-state index in [1.54, 1.807) is 12.1 Å². The van der Waals surface area contributed by atoms with Crippen LogP contribution in [0.5, 0.6) is 5.75 Å². The number of rotatable bonds is 8. The van der Waals surface area contributed by atoms with Gasteiger partial charge < -0.3 is 15.2 Å². The molecule has 0 atom stereocenters. The lowest BCUT2D eigenvalue weighted by Crippen LogP contribution is -2.39. The predicted octanol–water partition coefficient (Wildman–Crippen LogP) is -0.186. The number of nitrogens with one attached hydrogen (secondary N) is 1. The monoisotopic (exact) mass is 316 g/mol. The number of aliphatic hydroxyl groups is 1. The number of amides is 1. The molecule has 21 heavy (non-hydrogen) atoms. The van der Waals surface area contributed by atoms with Gasteiger partial charge in [-0.15, -0.1) is 0 Å². The summed E-state index contributed by atoms with van der Waals surface area (Å²) in [5, 5.41) is 11.0. The SMILES string of the molecule is CCOc1ccc(S(=O)(=O)N(C)CC(=O)NCCO)cc1. The first-order valence-corrected chi connectivity index (χ1v) is 7.92. The summed E-state index contributed by atoms with van der Waals surface area (Å²) >= 11 is 0. The van der Waals surface area contributed by atoms with Crippen LogP contribution in [-0.2, 0) is 14.8 Å². The van der Waals surface area contributed by atoms with Crippen LogP contribution in [0.1, 0.15) is 6.92 Å². The van der Waals surface area contributed by atoms with E-state index in [4.69, 9.17) is 9.84 Å². The lowest BCUT2D eigenvalue weighted by atomic mass is 10.3. The summed E-state index contributed by atoms with van der Waals surface area (Å²) in [7, 11) is -2.41. The molecular weight excluding hydrogens is 296 g/mol. The molecule has 7 nitrogen and oxygen atoms in total. The van der Waals surface area contributed by atoms with Crippen molar-refractivity contribution in [1.29, 1.82) is 0 Å². The summed E-state index contributed by atoms with van der Waals surface area (Å²) in [4.78, 5) is 11.6. The van der Waals surface area contributed by atoms with Crippen LogP contribution in [0.25, 0.3) is 0 Å². The maximum atomic E-state index is 12.3. The minimum Gasteiger partial charge on any atom is -0.494 e. The van der Waals surface area contributed by atoms with Crippen molar-refractivity contribution in [3.8, 4) is 5.75 Å². The van der Waals surface area contributed by atoms with Crippen molar-refractivity contribution in [3.63, 3.8) is 0 Å². The summed E-state index contributed by atoms with van der Waals surface area (Å²) in [6, 6.07) is 6.00. The highest BCUT2D eigenvalue weighted by molar-refractivity contribution is 7.89. The number of likely N-dealkylation sites (N-methyl/N-ethyl adjacent to an activating group) is 1. The number of carbonyl (C=O) groups excluding carboxylic acids is 1. The van der Waals surface area contributed by atoms with Crippen molar-refractivity contribution in [2.75, 3.05) is 33.4 Å². The molecule has 0 aliphatic heterocycles. The fourth-order valence-electron chi connectivity index (χ4n) is 1.59. The number of carbonyl (C=O) groups is 1. The number of benzene rings is 1. The average Bonchev–Trinajstić information content (AvgIpc) is 2.46. The Kier molecular flexibility index (Phi) is 6.60. The van der Waals surface area contributed by atoms with Gasteiger partial charge in [-0.3, -0.25) is 4.79 Å². The van der Waals surface area contributed by atoms with Crippen LogP contribution in [-0.4, -0.2) is 57.1 Å². The second-order valence-corrected chi connectivity index (χ2v) is 6.28. The van der Waals surface area contributed by atoms with E-state index in [-0.39, 0.29) is 24.6 Å². The molecule has 0 saturated carbocycles. The first-order chi connectivity index (χ1) is 9.91. The molecule has 0 unspecified atom stereocenters. The zero-order valence-corrected chi connectivity index (χ0v) is 12.9. The van der Waals surface area contributed by atoms with E-state index in [2.05, 4.69) is 5.32 Å². The van der Waals surface area contributed by atoms with Gasteiger partial charge >= 0.3 is 0 Å². The van der Waals surface area contributed by atoms with Crippen LogP contribution in [0, 0.1) is 0 Å². The first kappa shape index (κ1) is 17.4. The number of hydrogen-bond donors (Lipinski definition) is 2. The predicted molar refractivity (Wildman–Crippen MR) is 77.5 cm³/mol. The molecule has 1 rings (SSSR count). The second kappa shape index (κ2) is 7.96. The summed E-state index contributed by atoms with van der Waals surface area (Å²) in [6.07, 6.45) is 0. The molecule has 0 fully saturated rings. The van der Waals surface area contributed by atoms with Gasteiger partial charge in [0.05, 0.1) is 24.7 Å². The van der Waals surface area contributed by atoms with E-state index in [1.165, 1.54) is 19.2 Å². The highest BCUT2D eigenvalue weighted by Crippen LogP contribution is 2.18. The van der Waals surface area contributed by atoms with Gasteiger partial charge in [0.15, 0.2) is 0 Å². The van der Waals surface area contributed by atoms with Crippen LogP contribution >= 0.6 is 0 Å². The molecule has 0 spiro atoms. The largest absolute Gasteiger partial charge is 0.494 e. The molecule has 1 amide bonds. The average molecular weight is 316 g/mol. The molecule has 0 radical (unpaired) electrons. The molecule has 0 heterocycles. The Bertz CT molecular complexity index is 556. The maximum absolute atomic E-state index is 12.3. The quantitative estimate of drug-likeness (QED) is 0.693. The van der Waals surface area contributed by atoms with Crippen molar-refractivity contribution in [2.24, 2.45) is 0 Å².